The highest BCUT2D eigenvalue weighted by Gasteiger charge is 2.08. The fourth-order valence-corrected chi connectivity index (χ4v) is 1.76. The third kappa shape index (κ3) is 4.49. The van der Waals surface area contributed by atoms with Crippen LogP contribution in [0.5, 0.6) is 11.5 Å². The quantitative estimate of drug-likeness (QED) is 0.832. The number of rotatable bonds is 5. The van der Waals surface area contributed by atoms with Crippen molar-refractivity contribution >= 4 is 18.0 Å². The number of carbonyl (C=O) groups excluding carboxylic acids is 1. The Bertz CT molecular complexity index is 690. The Hall–Kier alpha value is -3.08. The molecule has 0 fully saturated rings. The molecule has 5 heteroatoms. The molecular weight excluding hydrogens is 282 g/mol. The summed E-state index contributed by atoms with van der Waals surface area (Å²) in [5.41, 5.74) is 0.468. The van der Waals surface area contributed by atoms with Gasteiger partial charge in [-0.25, -0.2) is 4.79 Å². The molecule has 0 aromatic heterocycles. The number of benzene rings is 2. The summed E-state index contributed by atoms with van der Waals surface area (Å²) in [6, 6.07) is 16.2. The summed E-state index contributed by atoms with van der Waals surface area (Å²) >= 11 is 0. The number of ether oxygens (including phenoxy) is 1. The molecule has 0 unspecified atom stereocenters. The predicted molar refractivity (Wildman–Crippen MR) is 82.4 cm³/mol. The van der Waals surface area contributed by atoms with Crippen LogP contribution in [0.3, 0.4) is 0 Å². The molecule has 0 spiro atoms. The van der Waals surface area contributed by atoms with Crippen LogP contribution in [0.4, 0.5) is 0 Å². The summed E-state index contributed by atoms with van der Waals surface area (Å²) in [6.45, 7) is 1.26. The maximum atomic E-state index is 11.0. The van der Waals surface area contributed by atoms with Crippen molar-refractivity contribution in [1.82, 2.24) is 5.32 Å². The number of aliphatic carboxylic acids is 1. The highest BCUT2D eigenvalue weighted by atomic mass is 16.5. The summed E-state index contributed by atoms with van der Waals surface area (Å²) in [6.07, 6.45) is 1.38. The zero-order chi connectivity index (χ0) is 15.9. The number of carboxylic acids is 1. The largest absolute Gasteiger partial charge is 0.477 e. The molecule has 0 aliphatic heterocycles. The molecule has 0 radical (unpaired) electrons. The first-order valence-corrected chi connectivity index (χ1v) is 6.60. The lowest BCUT2D eigenvalue weighted by molar-refractivity contribution is -0.134. The molecule has 1 amide bonds. The van der Waals surface area contributed by atoms with Gasteiger partial charge in [0.2, 0.25) is 5.91 Å². The van der Waals surface area contributed by atoms with Crippen LogP contribution in [-0.4, -0.2) is 17.0 Å². The number of carbonyl (C=O) groups is 2. The van der Waals surface area contributed by atoms with E-state index in [0.29, 0.717) is 11.3 Å². The lowest BCUT2D eigenvalue weighted by Gasteiger charge is -2.06. The lowest BCUT2D eigenvalue weighted by atomic mass is 10.2. The Morgan fingerprint density at radius 2 is 1.59 bits per heavy atom. The van der Waals surface area contributed by atoms with Crippen molar-refractivity contribution in [2.24, 2.45) is 0 Å². The van der Waals surface area contributed by atoms with Gasteiger partial charge in [-0.2, -0.15) is 0 Å². The maximum Gasteiger partial charge on any atom is 0.352 e. The van der Waals surface area contributed by atoms with E-state index < -0.39 is 11.9 Å². The van der Waals surface area contributed by atoms with Crippen LogP contribution in [0.2, 0.25) is 0 Å². The SMILES string of the molecule is CC(=O)N/C(=C\c1ccc(Oc2ccccc2)cc1)C(=O)O. The zero-order valence-electron chi connectivity index (χ0n) is 11.9. The molecule has 0 saturated heterocycles. The standard InChI is InChI=1S/C17H15NO4/c1-12(19)18-16(17(20)21)11-13-7-9-15(10-8-13)22-14-5-3-2-4-6-14/h2-11H,1H3,(H,18,19)(H,20,21)/b16-11-. The van der Waals surface area contributed by atoms with E-state index in [1.807, 2.05) is 30.3 Å². The van der Waals surface area contributed by atoms with Crippen molar-refractivity contribution in [3.63, 3.8) is 0 Å². The van der Waals surface area contributed by atoms with Crippen molar-refractivity contribution in [3.05, 3.63) is 65.9 Å². The van der Waals surface area contributed by atoms with E-state index in [0.717, 1.165) is 5.75 Å². The van der Waals surface area contributed by atoms with Gasteiger partial charge in [0.25, 0.3) is 0 Å². The first-order valence-electron chi connectivity index (χ1n) is 6.60. The van der Waals surface area contributed by atoms with E-state index in [1.165, 1.54) is 13.0 Å². The molecule has 0 heterocycles. The van der Waals surface area contributed by atoms with Gasteiger partial charge in [-0.1, -0.05) is 30.3 Å². The summed E-state index contributed by atoms with van der Waals surface area (Å²) in [5, 5.41) is 11.3. The van der Waals surface area contributed by atoms with Crippen LogP contribution in [0.1, 0.15) is 12.5 Å². The molecule has 0 aliphatic rings. The van der Waals surface area contributed by atoms with Crippen LogP contribution < -0.4 is 10.1 Å². The average molecular weight is 297 g/mol. The number of nitrogens with one attached hydrogen (secondary N) is 1. The second kappa shape index (κ2) is 7.08. The predicted octanol–water partition coefficient (Wildman–Crippen LogP) is 3.04. The molecular formula is C17H15NO4. The Kier molecular flexibility index (Phi) is 4.93. The second-order valence-corrected chi connectivity index (χ2v) is 4.53. The Morgan fingerprint density at radius 3 is 2.14 bits per heavy atom. The molecule has 0 aliphatic carbocycles. The molecule has 22 heavy (non-hydrogen) atoms. The summed E-state index contributed by atoms with van der Waals surface area (Å²) in [4.78, 5) is 22.0. The van der Waals surface area contributed by atoms with Gasteiger partial charge in [0, 0.05) is 6.92 Å². The topological polar surface area (TPSA) is 75.6 Å². The van der Waals surface area contributed by atoms with Gasteiger partial charge in [-0.05, 0) is 35.9 Å². The van der Waals surface area contributed by atoms with Crippen molar-refractivity contribution in [2.75, 3.05) is 0 Å². The number of para-hydroxylation sites is 1. The van der Waals surface area contributed by atoms with E-state index in [1.54, 1.807) is 24.3 Å². The van der Waals surface area contributed by atoms with Crippen molar-refractivity contribution < 1.29 is 19.4 Å². The van der Waals surface area contributed by atoms with Gasteiger partial charge in [-0.3, -0.25) is 4.79 Å². The first-order chi connectivity index (χ1) is 10.5. The van der Waals surface area contributed by atoms with Gasteiger partial charge in [0.15, 0.2) is 0 Å². The third-order valence-electron chi connectivity index (χ3n) is 2.71. The van der Waals surface area contributed by atoms with Crippen molar-refractivity contribution in [1.29, 1.82) is 0 Å². The molecule has 0 saturated carbocycles. The zero-order valence-corrected chi connectivity index (χ0v) is 11.9. The molecule has 2 aromatic carbocycles. The van der Waals surface area contributed by atoms with E-state index in [-0.39, 0.29) is 5.70 Å². The smallest absolute Gasteiger partial charge is 0.352 e. The van der Waals surface area contributed by atoms with Crippen LogP contribution in [-0.2, 0) is 9.59 Å². The fraction of sp³-hybridized carbons (Fsp3) is 0.0588. The minimum atomic E-state index is -1.19. The van der Waals surface area contributed by atoms with E-state index in [9.17, 15) is 9.59 Å². The second-order valence-electron chi connectivity index (χ2n) is 4.53. The Balaban J connectivity index is 2.14. The van der Waals surface area contributed by atoms with E-state index >= 15 is 0 Å². The molecule has 2 rings (SSSR count). The minimum Gasteiger partial charge on any atom is -0.477 e. The van der Waals surface area contributed by atoms with Crippen LogP contribution in [0.15, 0.2) is 60.3 Å². The Labute approximate surface area is 127 Å². The van der Waals surface area contributed by atoms with Crippen LogP contribution >= 0.6 is 0 Å². The van der Waals surface area contributed by atoms with E-state index in [4.69, 9.17) is 9.84 Å². The van der Waals surface area contributed by atoms with Gasteiger partial charge >= 0.3 is 5.97 Å². The van der Waals surface area contributed by atoms with Gasteiger partial charge in [0.1, 0.15) is 17.2 Å². The van der Waals surface area contributed by atoms with Gasteiger partial charge < -0.3 is 15.2 Å². The number of carboxylic acid groups (broad SMARTS) is 1. The van der Waals surface area contributed by atoms with Crippen LogP contribution in [0, 0.1) is 0 Å². The maximum absolute atomic E-state index is 11.0. The number of amides is 1. The normalized spacial score (nSPS) is 10.9. The van der Waals surface area contributed by atoms with Gasteiger partial charge in [0.05, 0.1) is 0 Å². The molecule has 5 nitrogen and oxygen atoms in total. The average Bonchev–Trinajstić information content (AvgIpc) is 2.49. The molecule has 2 N–H and O–H groups in total. The molecule has 0 atom stereocenters. The monoisotopic (exact) mass is 297 g/mol. The highest BCUT2D eigenvalue weighted by molar-refractivity contribution is 5.96. The highest BCUT2D eigenvalue weighted by Crippen LogP contribution is 2.21. The summed E-state index contributed by atoms with van der Waals surface area (Å²) < 4.78 is 5.64. The van der Waals surface area contributed by atoms with Gasteiger partial charge in [-0.15, -0.1) is 0 Å². The molecule has 112 valence electrons. The minimum absolute atomic E-state index is 0.177. The Morgan fingerprint density at radius 1 is 1.00 bits per heavy atom. The van der Waals surface area contributed by atoms with Crippen molar-refractivity contribution in [2.45, 2.75) is 6.92 Å². The van der Waals surface area contributed by atoms with Crippen molar-refractivity contribution in [3.8, 4) is 11.5 Å². The van der Waals surface area contributed by atoms with E-state index in [2.05, 4.69) is 5.32 Å². The summed E-state index contributed by atoms with van der Waals surface area (Å²) in [5.74, 6) is -0.271. The first kappa shape index (κ1) is 15.3. The lowest BCUT2D eigenvalue weighted by Crippen LogP contribution is -2.24. The molecule has 2 aromatic rings. The molecule has 0 bridgehead atoms. The number of hydrogen-bond donors (Lipinski definition) is 2. The van der Waals surface area contributed by atoms with Crippen LogP contribution in [0.25, 0.3) is 6.08 Å². The summed E-state index contributed by atoms with van der Waals surface area (Å²) in [7, 11) is 0. The third-order valence-corrected chi connectivity index (χ3v) is 2.71. The number of hydrogen-bond acceptors (Lipinski definition) is 3. The fourth-order valence-electron chi connectivity index (χ4n) is 1.76.